The van der Waals surface area contributed by atoms with Crippen LogP contribution in [0.4, 0.5) is 10.1 Å². The zero-order valence-electron chi connectivity index (χ0n) is 14.3. The van der Waals surface area contributed by atoms with Crippen LogP contribution < -0.4 is 10.2 Å². The molecule has 7 heteroatoms. The summed E-state index contributed by atoms with van der Waals surface area (Å²) in [7, 11) is 3.71. The fraction of sp³-hybridized carbons (Fsp3) is 0.588. The summed E-state index contributed by atoms with van der Waals surface area (Å²) in [4.78, 5) is 18.7. The highest BCUT2D eigenvalue weighted by Crippen LogP contribution is 2.22. The van der Waals surface area contributed by atoms with Crippen LogP contribution in [0.2, 0.25) is 0 Å². The topological polar surface area (TPSA) is 38.8 Å². The molecular weight excluding hydrogens is 331 g/mol. The minimum Gasteiger partial charge on any atom is -0.378 e. The third-order valence-electron chi connectivity index (χ3n) is 4.82. The molecule has 1 amide bonds. The molecule has 2 fully saturated rings. The number of carbonyl (C=O) groups is 1. The minimum atomic E-state index is -0.438. The van der Waals surface area contributed by atoms with Crippen LogP contribution in [0.1, 0.15) is 16.8 Å². The van der Waals surface area contributed by atoms with E-state index in [0.717, 1.165) is 38.3 Å². The van der Waals surface area contributed by atoms with Crippen LogP contribution in [0.15, 0.2) is 18.2 Å². The van der Waals surface area contributed by atoms with E-state index in [9.17, 15) is 9.18 Å². The fourth-order valence-corrected chi connectivity index (χ4v) is 3.40. The van der Waals surface area contributed by atoms with Crippen LogP contribution >= 0.6 is 12.4 Å². The largest absolute Gasteiger partial charge is 0.378 e. The Bertz CT molecular complexity index is 578. The molecular formula is C17H26ClFN4O. The molecule has 0 spiro atoms. The number of anilines is 1. The molecule has 3 rings (SSSR count). The normalized spacial score (nSPS) is 21.5. The van der Waals surface area contributed by atoms with Crippen molar-refractivity contribution in [2.24, 2.45) is 0 Å². The molecule has 1 unspecified atom stereocenters. The molecule has 24 heavy (non-hydrogen) atoms. The molecule has 5 nitrogen and oxygen atoms in total. The van der Waals surface area contributed by atoms with Gasteiger partial charge in [-0.3, -0.25) is 9.69 Å². The van der Waals surface area contributed by atoms with Gasteiger partial charge in [0.05, 0.1) is 5.56 Å². The van der Waals surface area contributed by atoms with Gasteiger partial charge in [0.2, 0.25) is 0 Å². The number of rotatable bonds is 3. The summed E-state index contributed by atoms with van der Waals surface area (Å²) in [6, 6.07) is 5.23. The molecule has 1 aromatic carbocycles. The zero-order chi connectivity index (χ0) is 16.4. The van der Waals surface area contributed by atoms with Crippen molar-refractivity contribution in [1.29, 1.82) is 0 Å². The molecule has 0 radical (unpaired) electrons. The van der Waals surface area contributed by atoms with Gasteiger partial charge >= 0.3 is 0 Å². The Morgan fingerprint density at radius 1 is 1.25 bits per heavy atom. The highest BCUT2D eigenvalue weighted by atomic mass is 35.5. The molecule has 0 bridgehead atoms. The molecule has 1 atom stereocenters. The van der Waals surface area contributed by atoms with Crippen LogP contribution in [0.3, 0.4) is 0 Å². The Kier molecular flexibility index (Phi) is 6.43. The Morgan fingerprint density at radius 2 is 1.96 bits per heavy atom. The van der Waals surface area contributed by atoms with Gasteiger partial charge < -0.3 is 15.1 Å². The number of benzene rings is 1. The van der Waals surface area contributed by atoms with Crippen molar-refractivity contribution in [2.75, 3.05) is 58.3 Å². The summed E-state index contributed by atoms with van der Waals surface area (Å²) in [5.41, 5.74) is 0.940. The third-order valence-corrected chi connectivity index (χ3v) is 4.82. The van der Waals surface area contributed by atoms with Crippen LogP contribution in [0.25, 0.3) is 0 Å². The van der Waals surface area contributed by atoms with Gasteiger partial charge in [0.25, 0.3) is 5.91 Å². The van der Waals surface area contributed by atoms with Crippen LogP contribution in [0.5, 0.6) is 0 Å². The maximum atomic E-state index is 14.3. The molecule has 2 saturated heterocycles. The molecule has 1 N–H and O–H groups in total. The van der Waals surface area contributed by atoms with E-state index >= 15 is 0 Å². The number of hydrogen-bond donors (Lipinski definition) is 1. The van der Waals surface area contributed by atoms with E-state index in [1.54, 1.807) is 17.0 Å². The molecule has 134 valence electrons. The van der Waals surface area contributed by atoms with Crippen molar-refractivity contribution in [1.82, 2.24) is 15.1 Å². The Labute approximate surface area is 149 Å². The van der Waals surface area contributed by atoms with Crippen molar-refractivity contribution in [3.63, 3.8) is 0 Å². The lowest BCUT2D eigenvalue weighted by Gasteiger charge is -2.32. The smallest absolute Gasteiger partial charge is 0.256 e. The standard InChI is InChI=1S/C17H25FN4O.ClH/c1-20(2)13-3-4-15(16(18)11-13)17(23)22-8-5-14(12-22)21-9-6-19-7-10-21;/h3-4,11,14,19H,5-10,12H2,1-2H3;1H. The maximum absolute atomic E-state index is 14.3. The maximum Gasteiger partial charge on any atom is 0.256 e. The average Bonchev–Trinajstić information content (AvgIpc) is 3.05. The van der Waals surface area contributed by atoms with Crippen molar-refractivity contribution >= 4 is 24.0 Å². The highest BCUT2D eigenvalue weighted by molar-refractivity contribution is 5.95. The highest BCUT2D eigenvalue weighted by Gasteiger charge is 2.32. The molecule has 0 aromatic heterocycles. The fourth-order valence-electron chi connectivity index (χ4n) is 3.40. The number of nitrogens with one attached hydrogen (secondary N) is 1. The monoisotopic (exact) mass is 356 g/mol. The Morgan fingerprint density at radius 3 is 2.58 bits per heavy atom. The van der Waals surface area contributed by atoms with Crippen molar-refractivity contribution in [3.05, 3.63) is 29.6 Å². The van der Waals surface area contributed by atoms with Gasteiger partial charge in [0, 0.05) is 65.1 Å². The van der Waals surface area contributed by atoms with E-state index in [-0.39, 0.29) is 23.9 Å². The Hall–Kier alpha value is -1.37. The first-order chi connectivity index (χ1) is 11.1. The second-order valence-electron chi connectivity index (χ2n) is 6.54. The number of nitrogens with zero attached hydrogens (tertiary/aromatic N) is 3. The lowest BCUT2D eigenvalue weighted by Crippen LogP contribution is -2.49. The predicted molar refractivity (Wildman–Crippen MR) is 96.7 cm³/mol. The molecule has 0 aliphatic carbocycles. The van der Waals surface area contributed by atoms with Crippen molar-refractivity contribution < 1.29 is 9.18 Å². The lowest BCUT2D eigenvalue weighted by molar-refractivity contribution is 0.0769. The van der Waals surface area contributed by atoms with Gasteiger partial charge in [0.15, 0.2) is 0 Å². The summed E-state index contributed by atoms with van der Waals surface area (Å²) in [5, 5.41) is 3.34. The van der Waals surface area contributed by atoms with Gasteiger partial charge in [-0.1, -0.05) is 0 Å². The van der Waals surface area contributed by atoms with Crippen molar-refractivity contribution in [3.8, 4) is 0 Å². The third kappa shape index (κ3) is 3.99. The molecule has 2 aliphatic rings. The van der Waals surface area contributed by atoms with E-state index in [4.69, 9.17) is 0 Å². The van der Waals surface area contributed by atoms with Gasteiger partial charge in [-0.15, -0.1) is 12.4 Å². The molecule has 1 aromatic rings. The van der Waals surface area contributed by atoms with E-state index < -0.39 is 5.82 Å². The minimum absolute atomic E-state index is 0. The Balaban J connectivity index is 0.00000208. The summed E-state index contributed by atoms with van der Waals surface area (Å²) < 4.78 is 14.3. The zero-order valence-corrected chi connectivity index (χ0v) is 15.1. The number of likely N-dealkylation sites (tertiary alicyclic amines) is 1. The molecule has 2 heterocycles. The summed E-state index contributed by atoms with van der Waals surface area (Å²) >= 11 is 0. The quantitative estimate of drug-likeness (QED) is 0.889. The SMILES string of the molecule is CN(C)c1ccc(C(=O)N2CCC(N3CCNCC3)C2)c(F)c1.Cl. The molecule has 2 aliphatic heterocycles. The average molecular weight is 357 g/mol. The first-order valence-corrected chi connectivity index (χ1v) is 8.27. The van der Waals surface area contributed by atoms with Gasteiger partial charge in [0.1, 0.15) is 5.82 Å². The van der Waals surface area contributed by atoms with Gasteiger partial charge in [-0.25, -0.2) is 4.39 Å². The van der Waals surface area contributed by atoms with E-state index in [0.29, 0.717) is 19.1 Å². The number of carbonyl (C=O) groups excluding carboxylic acids is 1. The number of amides is 1. The van der Waals surface area contributed by atoms with Gasteiger partial charge in [-0.05, 0) is 24.6 Å². The van der Waals surface area contributed by atoms with Crippen LogP contribution in [0, 0.1) is 5.82 Å². The second kappa shape index (κ2) is 8.14. The van der Waals surface area contributed by atoms with Crippen LogP contribution in [-0.4, -0.2) is 75.1 Å². The second-order valence-corrected chi connectivity index (χ2v) is 6.54. The van der Waals surface area contributed by atoms with Gasteiger partial charge in [-0.2, -0.15) is 0 Å². The van der Waals surface area contributed by atoms with E-state index in [1.165, 1.54) is 6.07 Å². The van der Waals surface area contributed by atoms with Crippen molar-refractivity contribution in [2.45, 2.75) is 12.5 Å². The van der Waals surface area contributed by atoms with Crippen LogP contribution in [-0.2, 0) is 0 Å². The summed E-state index contributed by atoms with van der Waals surface area (Å²) in [6.45, 7) is 5.48. The predicted octanol–water partition coefficient (Wildman–Crippen LogP) is 1.43. The lowest BCUT2D eigenvalue weighted by atomic mass is 10.1. The number of halogens is 2. The number of piperazine rings is 1. The summed E-state index contributed by atoms with van der Waals surface area (Å²) in [6.07, 6.45) is 0.975. The summed E-state index contributed by atoms with van der Waals surface area (Å²) in [5.74, 6) is -0.628. The first kappa shape index (κ1) is 19.0. The molecule has 0 saturated carbocycles. The first-order valence-electron chi connectivity index (χ1n) is 8.27. The van der Waals surface area contributed by atoms with E-state index in [2.05, 4.69) is 10.2 Å². The van der Waals surface area contributed by atoms with E-state index in [1.807, 2.05) is 19.0 Å². The number of hydrogen-bond acceptors (Lipinski definition) is 4.